The third-order valence-corrected chi connectivity index (χ3v) is 2.54. The predicted molar refractivity (Wildman–Crippen MR) is 56.9 cm³/mol. The lowest BCUT2D eigenvalue weighted by Crippen LogP contribution is -2.24. The lowest BCUT2D eigenvalue weighted by molar-refractivity contribution is -0.212. The average molecular weight is 208 g/mol. The van der Waals surface area contributed by atoms with Gasteiger partial charge in [0.25, 0.3) is 0 Å². The number of benzene rings is 1. The molecule has 0 aliphatic carbocycles. The second-order valence-corrected chi connectivity index (χ2v) is 3.71. The third-order valence-electron chi connectivity index (χ3n) is 2.54. The Morgan fingerprint density at radius 3 is 2.60 bits per heavy atom. The minimum absolute atomic E-state index is 0.223. The van der Waals surface area contributed by atoms with Gasteiger partial charge in [-0.1, -0.05) is 12.1 Å². The summed E-state index contributed by atoms with van der Waals surface area (Å²) >= 11 is 0. The molecule has 15 heavy (non-hydrogen) atoms. The van der Waals surface area contributed by atoms with Gasteiger partial charge in [0.15, 0.2) is 6.29 Å². The van der Waals surface area contributed by atoms with E-state index in [1.807, 2.05) is 24.3 Å². The predicted octanol–water partition coefficient (Wildman–Crippen LogP) is 2.52. The van der Waals surface area contributed by atoms with Crippen molar-refractivity contribution in [3.05, 3.63) is 29.8 Å². The fraction of sp³-hybridized carbons (Fsp3) is 0.500. The van der Waals surface area contributed by atoms with Crippen LogP contribution in [0.2, 0.25) is 0 Å². The molecule has 0 bridgehead atoms. The van der Waals surface area contributed by atoms with E-state index in [2.05, 4.69) is 6.92 Å². The summed E-state index contributed by atoms with van der Waals surface area (Å²) in [5, 5.41) is 0. The molecule has 0 N–H and O–H groups in total. The van der Waals surface area contributed by atoms with Crippen molar-refractivity contribution in [1.29, 1.82) is 0 Å². The molecule has 3 nitrogen and oxygen atoms in total. The van der Waals surface area contributed by atoms with Gasteiger partial charge in [-0.2, -0.15) is 0 Å². The smallest absolute Gasteiger partial charge is 0.184 e. The molecule has 0 saturated carbocycles. The van der Waals surface area contributed by atoms with E-state index < -0.39 is 0 Å². The molecule has 1 fully saturated rings. The Morgan fingerprint density at radius 2 is 2.00 bits per heavy atom. The van der Waals surface area contributed by atoms with Crippen LogP contribution in [0.5, 0.6) is 5.75 Å². The van der Waals surface area contributed by atoms with Gasteiger partial charge in [-0.05, 0) is 25.5 Å². The van der Waals surface area contributed by atoms with Gasteiger partial charge in [0, 0.05) is 5.56 Å². The summed E-state index contributed by atoms with van der Waals surface area (Å²) in [5.41, 5.74) is 1.04. The molecule has 2 atom stereocenters. The topological polar surface area (TPSA) is 27.7 Å². The van der Waals surface area contributed by atoms with Gasteiger partial charge in [0.2, 0.25) is 0 Å². The molecule has 1 heterocycles. The largest absolute Gasteiger partial charge is 0.497 e. The van der Waals surface area contributed by atoms with E-state index in [1.165, 1.54) is 0 Å². The summed E-state index contributed by atoms with van der Waals surface area (Å²) in [7, 11) is 1.66. The van der Waals surface area contributed by atoms with Crippen molar-refractivity contribution in [2.45, 2.75) is 25.7 Å². The number of methoxy groups -OCH3 is 1. The van der Waals surface area contributed by atoms with Crippen LogP contribution in [-0.2, 0) is 9.47 Å². The van der Waals surface area contributed by atoms with Gasteiger partial charge >= 0.3 is 0 Å². The summed E-state index contributed by atoms with van der Waals surface area (Å²) in [6, 6.07) is 7.78. The van der Waals surface area contributed by atoms with Gasteiger partial charge in [-0.15, -0.1) is 0 Å². The zero-order valence-electron chi connectivity index (χ0n) is 9.10. The highest BCUT2D eigenvalue weighted by molar-refractivity contribution is 5.27. The van der Waals surface area contributed by atoms with Crippen LogP contribution in [0.3, 0.4) is 0 Å². The number of hydrogen-bond acceptors (Lipinski definition) is 3. The van der Waals surface area contributed by atoms with Crippen molar-refractivity contribution in [3.8, 4) is 5.75 Å². The first-order valence-corrected chi connectivity index (χ1v) is 5.20. The molecule has 3 heteroatoms. The first-order valence-electron chi connectivity index (χ1n) is 5.20. The van der Waals surface area contributed by atoms with Crippen molar-refractivity contribution in [3.63, 3.8) is 0 Å². The fourth-order valence-electron chi connectivity index (χ4n) is 1.60. The van der Waals surface area contributed by atoms with Crippen LogP contribution in [0, 0.1) is 0 Å². The van der Waals surface area contributed by atoms with Crippen LogP contribution in [0.4, 0.5) is 0 Å². The maximum atomic E-state index is 5.68. The highest BCUT2D eigenvalue weighted by atomic mass is 16.7. The van der Waals surface area contributed by atoms with Crippen LogP contribution < -0.4 is 4.74 Å². The van der Waals surface area contributed by atoms with E-state index in [4.69, 9.17) is 14.2 Å². The Labute approximate surface area is 90.0 Å². The molecule has 0 unspecified atom stereocenters. The summed E-state index contributed by atoms with van der Waals surface area (Å²) in [6.07, 6.45) is 1.01. The molecule has 2 rings (SSSR count). The zero-order chi connectivity index (χ0) is 10.7. The number of ether oxygens (including phenoxy) is 3. The monoisotopic (exact) mass is 208 g/mol. The van der Waals surface area contributed by atoms with Crippen LogP contribution >= 0.6 is 0 Å². The molecule has 1 aliphatic heterocycles. The van der Waals surface area contributed by atoms with E-state index in [9.17, 15) is 0 Å². The first kappa shape index (κ1) is 10.5. The zero-order valence-corrected chi connectivity index (χ0v) is 9.10. The van der Waals surface area contributed by atoms with E-state index >= 15 is 0 Å². The Hall–Kier alpha value is -1.06. The van der Waals surface area contributed by atoms with Crippen LogP contribution in [-0.4, -0.2) is 19.8 Å². The fourth-order valence-corrected chi connectivity index (χ4v) is 1.60. The standard InChI is InChI=1S/C12H16O3/c1-9-7-8-14-12(15-9)10-3-5-11(13-2)6-4-10/h3-6,9,12H,7-8H2,1-2H3/t9-,12-/m0/s1. The third kappa shape index (κ3) is 2.49. The lowest BCUT2D eigenvalue weighted by Gasteiger charge is -2.28. The molecule has 1 saturated heterocycles. The van der Waals surface area contributed by atoms with Crippen LogP contribution in [0.1, 0.15) is 25.2 Å². The highest BCUT2D eigenvalue weighted by Crippen LogP contribution is 2.27. The Balaban J connectivity index is 2.07. The molecule has 82 valence electrons. The highest BCUT2D eigenvalue weighted by Gasteiger charge is 2.20. The average Bonchev–Trinajstić information content (AvgIpc) is 2.29. The van der Waals surface area contributed by atoms with Crippen LogP contribution in [0.25, 0.3) is 0 Å². The van der Waals surface area contributed by atoms with Gasteiger partial charge in [-0.3, -0.25) is 0 Å². The molecule has 1 aliphatic rings. The summed E-state index contributed by atoms with van der Waals surface area (Å²) in [4.78, 5) is 0. The quantitative estimate of drug-likeness (QED) is 0.747. The second kappa shape index (κ2) is 4.64. The van der Waals surface area contributed by atoms with Gasteiger partial charge in [0.1, 0.15) is 5.75 Å². The van der Waals surface area contributed by atoms with E-state index in [1.54, 1.807) is 7.11 Å². The van der Waals surface area contributed by atoms with Gasteiger partial charge in [0.05, 0.1) is 19.8 Å². The SMILES string of the molecule is COc1ccc([C@H]2OCC[C@H](C)O2)cc1. The molecule has 0 radical (unpaired) electrons. The van der Waals surface area contributed by atoms with Crippen molar-refractivity contribution < 1.29 is 14.2 Å². The molecule has 1 aromatic carbocycles. The number of rotatable bonds is 2. The normalized spacial score (nSPS) is 26.3. The molecule has 0 aromatic heterocycles. The van der Waals surface area contributed by atoms with Crippen molar-refractivity contribution in [2.75, 3.05) is 13.7 Å². The summed E-state index contributed by atoms with van der Waals surface area (Å²) in [6.45, 7) is 2.83. The minimum Gasteiger partial charge on any atom is -0.497 e. The Bertz CT molecular complexity index is 307. The maximum Gasteiger partial charge on any atom is 0.184 e. The van der Waals surface area contributed by atoms with Crippen molar-refractivity contribution in [2.24, 2.45) is 0 Å². The second-order valence-electron chi connectivity index (χ2n) is 3.71. The molecule has 1 aromatic rings. The Morgan fingerprint density at radius 1 is 1.27 bits per heavy atom. The lowest BCUT2D eigenvalue weighted by atomic mass is 10.2. The molecule has 0 amide bonds. The Kier molecular flexibility index (Phi) is 3.23. The summed E-state index contributed by atoms with van der Waals surface area (Å²) in [5.74, 6) is 0.850. The van der Waals surface area contributed by atoms with Gasteiger partial charge in [-0.25, -0.2) is 0 Å². The van der Waals surface area contributed by atoms with Crippen molar-refractivity contribution >= 4 is 0 Å². The first-order chi connectivity index (χ1) is 7.29. The minimum atomic E-state index is -0.223. The number of hydrogen-bond donors (Lipinski definition) is 0. The molecular weight excluding hydrogens is 192 g/mol. The van der Waals surface area contributed by atoms with E-state index in [-0.39, 0.29) is 12.4 Å². The molecular formula is C12H16O3. The van der Waals surface area contributed by atoms with E-state index in [0.29, 0.717) is 0 Å². The van der Waals surface area contributed by atoms with Crippen LogP contribution in [0.15, 0.2) is 24.3 Å². The van der Waals surface area contributed by atoms with E-state index in [0.717, 1.165) is 24.3 Å². The van der Waals surface area contributed by atoms with Crippen molar-refractivity contribution in [1.82, 2.24) is 0 Å². The maximum absolute atomic E-state index is 5.68. The molecule has 0 spiro atoms. The van der Waals surface area contributed by atoms with Gasteiger partial charge < -0.3 is 14.2 Å². The summed E-state index contributed by atoms with van der Waals surface area (Å²) < 4.78 is 16.3.